The van der Waals surface area contributed by atoms with E-state index in [1.165, 1.54) is 0 Å². The standard InChI is InChI=1S/C35H42BrN3O5S/c1-5-18-37(21-23-12-10-9-11-13-23)34(43)31-35-20-27(36)30(45-35)28(29(35)33(42)39(31)24(7-3)22-40)32(41)38(19-6-2)25-14-16-26(17-15-25)44-8-4/h5-6,9-17,24,27-31,40H,1-2,7-8,18-22H2,3-4H3/t24-,27?,28-,29-,30-,31?,35?/m0/s1. The molecule has 3 fully saturated rings. The van der Waals surface area contributed by atoms with Gasteiger partial charge in [-0.25, -0.2) is 0 Å². The summed E-state index contributed by atoms with van der Waals surface area (Å²) in [6.07, 6.45) is 4.42. The minimum atomic E-state index is -0.832. The van der Waals surface area contributed by atoms with Crippen LogP contribution in [-0.2, 0) is 20.9 Å². The number of carbonyl (C=O) groups is 3. The number of halogens is 1. The quantitative estimate of drug-likeness (QED) is 0.220. The van der Waals surface area contributed by atoms with Crippen LogP contribution in [0.5, 0.6) is 5.75 Å². The zero-order valence-corrected chi connectivity index (χ0v) is 28.3. The first-order valence-electron chi connectivity index (χ1n) is 15.6. The molecule has 1 N–H and O–H groups in total. The Hall–Kier alpha value is -3.08. The number of carbonyl (C=O) groups excluding carboxylic acids is 3. The fraction of sp³-hybridized carbons (Fsp3) is 0.457. The number of aliphatic hydroxyl groups is 1. The third-order valence-electron chi connectivity index (χ3n) is 9.24. The van der Waals surface area contributed by atoms with E-state index in [0.717, 1.165) is 5.56 Å². The highest BCUT2D eigenvalue weighted by Crippen LogP contribution is 2.68. The van der Waals surface area contributed by atoms with Gasteiger partial charge in [0.05, 0.1) is 35.8 Å². The predicted molar refractivity (Wildman–Crippen MR) is 182 cm³/mol. The fourth-order valence-corrected chi connectivity index (χ4v) is 10.9. The highest BCUT2D eigenvalue weighted by molar-refractivity contribution is 9.09. The van der Waals surface area contributed by atoms with Crippen molar-refractivity contribution in [2.24, 2.45) is 11.8 Å². The van der Waals surface area contributed by atoms with Crippen LogP contribution in [0.1, 0.15) is 32.3 Å². The van der Waals surface area contributed by atoms with Crippen LogP contribution in [0.25, 0.3) is 0 Å². The van der Waals surface area contributed by atoms with Crippen molar-refractivity contribution in [1.82, 2.24) is 9.80 Å². The zero-order chi connectivity index (χ0) is 32.3. The van der Waals surface area contributed by atoms with Gasteiger partial charge in [-0.2, -0.15) is 0 Å². The van der Waals surface area contributed by atoms with Crippen LogP contribution in [0.3, 0.4) is 0 Å². The summed E-state index contributed by atoms with van der Waals surface area (Å²) < 4.78 is 4.77. The SMILES string of the molecule is C=CCN(Cc1ccccc1)C(=O)C1N([C@@H](CC)CO)C(=O)[C@@H]2[C@H](C(=O)N(CC=C)c3ccc(OCC)cc3)[C@H]3SC12CC3Br. The monoisotopic (exact) mass is 695 g/mol. The molecule has 5 rings (SSSR count). The number of anilines is 1. The predicted octanol–water partition coefficient (Wildman–Crippen LogP) is 5.05. The smallest absolute Gasteiger partial charge is 0.247 e. The lowest BCUT2D eigenvalue weighted by Crippen LogP contribution is -2.57. The Kier molecular flexibility index (Phi) is 10.5. The number of amides is 3. The molecule has 240 valence electrons. The van der Waals surface area contributed by atoms with E-state index in [4.69, 9.17) is 4.74 Å². The summed E-state index contributed by atoms with van der Waals surface area (Å²) in [6, 6.07) is 15.7. The molecule has 10 heteroatoms. The van der Waals surface area contributed by atoms with Gasteiger partial charge in [-0.3, -0.25) is 14.4 Å². The molecule has 3 saturated heterocycles. The number of nitrogens with zero attached hydrogens (tertiary/aromatic N) is 3. The van der Waals surface area contributed by atoms with Crippen molar-refractivity contribution in [3.63, 3.8) is 0 Å². The molecule has 0 saturated carbocycles. The Bertz CT molecular complexity index is 1400. The molecule has 0 radical (unpaired) electrons. The minimum absolute atomic E-state index is 0.0714. The fourth-order valence-electron chi connectivity index (χ4n) is 7.32. The van der Waals surface area contributed by atoms with Gasteiger partial charge in [-0.1, -0.05) is 65.3 Å². The van der Waals surface area contributed by atoms with E-state index in [2.05, 4.69) is 29.1 Å². The third kappa shape index (κ3) is 5.97. The molecule has 7 atom stereocenters. The molecule has 2 aromatic rings. The first-order valence-corrected chi connectivity index (χ1v) is 17.4. The topological polar surface area (TPSA) is 90.4 Å². The van der Waals surface area contributed by atoms with Gasteiger partial charge in [0.25, 0.3) is 0 Å². The average Bonchev–Trinajstić information content (AvgIpc) is 3.64. The van der Waals surface area contributed by atoms with E-state index in [1.807, 2.05) is 68.4 Å². The number of hydrogen-bond acceptors (Lipinski definition) is 6. The van der Waals surface area contributed by atoms with E-state index in [-0.39, 0.29) is 41.0 Å². The molecule has 8 nitrogen and oxygen atoms in total. The molecule has 2 aromatic carbocycles. The lowest BCUT2D eigenvalue weighted by atomic mass is 9.70. The van der Waals surface area contributed by atoms with Gasteiger partial charge in [0.1, 0.15) is 11.8 Å². The number of rotatable bonds is 14. The second-order valence-corrected chi connectivity index (χ2v) is 14.5. The summed E-state index contributed by atoms with van der Waals surface area (Å²) >= 11 is 5.47. The van der Waals surface area contributed by atoms with E-state index in [1.54, 1.807) is 38.6 Å². The Morgan fingerprint density at radius 3 is 2.40 bits per heavy atom. The Labute approximate surface area is 278 Å². The average molecular weight is 697 g/mol. The molecule has 45 heavy (non-hydrogen) atoms. The van der Waals surface area contributed by atoms with E-state index in [9.17, 15) is 19.5 Å². The van der Waals surface area contributed by atoms with Crippen molar-refractivity contribution in [3.8, 4) is 5.75 Å². The lowest BCUT2D eigenvalue weighted by Gasteiger charge is -2.40. The molecule has 3 aliphatic heterocycles. The Balaban J connectivity index is 1.56. The minimum Gasteiger partial charge on any atom is -0.494 e. The van der Waals surface area contributed by atoms with Crippen molar-refractivity contribution in [3.05, 3.63) is 85.5 Å². The van der Waals surface area contributed by atoms with Crippen LogP contribution >= 0.6 is 27.7 Å². The molecular formula is C35H42BrN3O5S. The summed E-state index contributed by atoms with van der Waals surface area (Å²) in [5, 5.41) is 10.3. The highest BCUT2D eigenvalue weighted by Gasteiger charge is 2.76. The van der Waals surface area contributed by atoms with Crippen molar-refractivity contribution in [2.75, 3.05) is 31.2 Å². The van der Waals surface area contributed by atoms with Crippen molar-refractivity contribution in [2.45, 2.75) is 60.1 Å². The number of fused-ring (bicyclic) bond motifs is 1. The molecule has 0 aliphatic carbocycles. The summed E-state index contributed by atoms with van der Waals surface area (Å²) in [7, 11) is 0. The Morgan fingerprint density at radius 2 is 1.80 bits per heavy atom. The Morgan fingerprint density at radius 1 is 1.11 bits per heavy atom. The summed E-state index contributed by atoms with van der Waals surface area (Å²) in [5.41, 5.74) is 1.66. The first-order chi connectivity index (χ1) is 21.8. The summed E-state index contributed by atoms with van der Waals surface area (Å²) in [6.45, 7) is 12.8. The van der Waals surface area contributed by atoms with Crippen LogP contribution in [0.2, 0.25) is 0 Å². The molecular weight excluding hydrogens is 654 g/mol. The van der Waals surface area contributed by atoms with Crippen LogP contribution < -0.4 is 9.64 Å². The number of likely N-dealkylation sites (tertiary alicyclic amines) is 1. The van der Waals surface area contributed by atoms with Crippen molar-refractivity contribution < 1.29 is 24.2 Å². The van der Waals surface area contributed by atoms with Gasteiger partial charge in [0.2, 0.25) is 17.7 Å². The van der Waals surface area contributed by atoms with Gasteiger partial charge in [-0.05, 0) is 49.6 Å². The van der Waals surface area contributed by atoms with Crippen molar-refractivity contribution >= 4 is 51.1 Å². The maximum atomic E-state index is 14.7. The van der Waals surface area contributed by atoms with Crippen molar-refractivity contribution in [1.29, 1.82) is 0 Å². The van der Waals surface area contributed by atoms with Gasteiger partial charge in [0.15, 0.2) is 0 Å². The number of ether oxygens (including phenoxy) is 1. The molecule has 3 amide bonds. The number of benzene rings is 2. The number of thioether (sulfide) groups is 1. The molecule has 3 unspecified atom stereocenters. The summed E-state index contributed by atoms with van der Waals surface area (Å²) in [4.78, 5) is 49.0. The molecule has 1 spiro atoms. The van der Waals surface area contributed by atoms with Gasteiger partial charge >= 0.3 is 0 Å². The third-order valence-corrected chi connectivity index (χ3v) is 12.5. The van der Waals surface area contributed by atoms with Gasteiger partial charge < -0.3 is 24.5 Å². The lowest BCUT2D eigenvalue weighted by molar-refractivity contribution is -0.146. The second kappa shape index (κ2) is 14.1. The second-order valence-electron chi connectivity index (χ2n) is 11.8. The van der Waals surface area contributed by atoms with Crippen LogP contribution in [0.4, 0.5) is 5.69 Å². The molecule has 3 aliphatic rings. The molecule has 2 bridgehead atoms. The maximum absolute atomic E-state index is 14.7. The van der Waals surface area contributed by atoms with Gasteiger partial charge in [0, 0.05) is 35.4 Å². The van der Waals surface area contributed by atoms with Crippen LogP contribution in [0.15, 0.2) is 79.9 Å². The maximum Gasteiger partial charge on any atom is 0.247 e. The van der Waals surface area contributed by atoms with E-state index < -0.39 is 28.7 Å². The molecule has 0 aromatic heterocycles. The van der Waals surface area contributed by atoms with E-state index in [0.29, 0.717) is 44.0 Å². The van der Waals surface area contributed by atoms with Crippen LogP contribution in [-0.4, -0.2) is 85.8 Å². The van der Waals surface area contributed by atoms with E-state index >= 15 is 0 Å². The van der Waals surface area contributed by atoms with Crippen LogP contribution in [0, 0.1) is 11.8 Å². The zero-order valence-electron chi connectivity index (χ0n) is 25.9. The highest BCUT2D eigenvalue weighted by atomic mass is 79.9. The first kappa shape index (κ1) is 33.3. The number of alkyl halides is 1. The summed E-state index contributed by atoms with van der Waals surface area (Å²) in [5.74, 6) is -1.24. The molecule has 3 heterocycles. The van der Waals surface area contributed by atoms with Gasteiger partial charge in [-0.15, -0.1) is 24.9 Å². The number of hydrogen-bond donors (Lipinski definition) is 1. The normalized spacial score (nSPS) is 27.2. The largest absolute Gasteiger partial charge is 0.494 e. The number of aliphatic hydroxyl groups excluding tert-OH is 1.